The smallest absolute Gasteiger partial charge is 0.243 e. The van der Waals surface area contributed by atoms with Gasteiger partial charge in [-0.15, -0.1) is 0 Å². The first-order chi connectivity index (χ1) is 15.4. The Bertz CT molecular complexity index is 1080. The molecule has 1 unspecified atom stereocenters. The van der Waals surface area contributed by atoms with Crippen LogP contribution in [0, 0.1) is 5.82 Å². The van der Waals surface area contributed by atoms with Crippen LogP contribution in [-0.2, 0) is 14.8 Å². The van der Waals surface area contributed by atoms with E-state index in [0.29, 0.717) is 43.3 Å². The molecule has 2 aliphatic rings. The van der Waals surface area contributed by atoms with Crippen LogP contribution in [-0.4, -0.2) is 69.5 Å². The first kappa shape index (κ1) is 22.3. The summed E-state index contributed by atoms with van der Waals surface area (Å²) in [5.74, 6) is 0.743. The maximum atomic E-state index is 13.3. The first-order valence-electron chi connectivity index (χ1n) is 10.4. The highest BCUT2D eigenvalue weighted by Crippen LogP contribution is 2.35. The van der Waals surface area contributed by atoms with Crippen LogP contribution in [0.2, 0.25) is 0 Å². The summed E-state index contributed by atoms with van der Waals surface area (Å²) < 4.78 is 57.3. The Morgan fingerprint density at radius 2 is 1.88 bits per heavy atom. The summed E-state index contributed by atoms with van der Waals surface area (Å²) in [6, 6.07) is 9.34. The van der Waals surface area contributed by atoms with Crippen molar-refractivity contribution >= 4 is 15.9 Å². The molecule has 2 aromatic carbocycles. The number of ether oxygens (including phenoxy) is 3. The normalized spacial score (nSPS) is 18.4. The van der Waals surface area contributed by atoms with Crippen LogP contribution < -0.4 is 14.2 Å². The fourth-order valence-corrected chi connectivity index (χ4v) is 5.46. The predicted molar refractivity (Wildman–Crippen MR) is 114 cm³/mol. The summed E-state index contributed by atoms with van der Waals surface area (Å²) in [6.45, 7) is 1.51. The number of carbonyl (C=O) groups is 1. The van der Waals surface area contributed by atoms with Gasteiger partial charge in [-0.05, 0) is 49.2 Å². The Hall–Kier alpha value is -2.85. The van der Waals surface area contributed by atoms with Crippen molar-refractivity contribution in [1.82, 2.24) is 9.21 Å². The third-order valence-corrected chi connectivity index (χ3v) is 7.40. The summed E-state index contributed by atoms with van der Waals surface area (Å²) in [5.41, 5.74) is 0. The number of amides is 1. The number of nitrogens with zero attached hydrogens (tertiary/aromatic N) is 2. The number of fused-ring (bicyclic) bond motifs is 1. The molecule has 1 amide bonds. The van der Waals surface area contributed by atoms with Crippen molar-refractivity contribution in [2.75, 3.05) is 40.0 Å². The van der Waals surface area contributed by atoms with Gasteiger partial charge < -0.3 is 19.1 Å². The van der Waals surface area contributed by atoms with Crippen LogP contribution in [0.25, 0.3) is 0 Å². The van der Waals surface area contributed by atoms with Gasteiger partial charge in [-0.3, -0.25) is 4.79 Å². The molecule has 10 heteroatoms. The van der Waals surface area contributed by atoms with Crippen LogP contribution in [0.4, 0.5) is 4.39 Å². The molecule has 1 saturated heterocycles. The lowest BCUT2D eigenvalue weighted by Crippen LogP contribution is -2.47. The zero-order chi connectivity index (χ0) is 22.7. The van der Waals surface area contributed by atoms with Gasteiger partial charge in [-0.2, -0.15) is 4.31 Å². The van der Waals surface area contributed by atoms with Crippen molar-refractivity contribution in [3.8, 4) is 17.2 Å². The average Bonchev–Trinajstić information content (AvgIpc) is 3.30. The summed E-state index contributed by atoms with van der Waals surface area (Å²) >= 11 is 0. The molecule has 0 aliphatic carbocycles. The van der Waals surface area contributed by atoms with Crippen molar-refractivity contribution in [2.24, 2.45) is 0 Å². The van der Waals surface area contributed by atoms with Gasteiger partial charge in [0.1, 0.15) is 37.4 Å². The molecule has 172 valence electrons. The van der Waals surface area contributed by atoms with E-state index in [1.807, 2.05) is 0 Å². The number of benzene rings is 2. The molecule has 2 aliphatic heterocycles. The van der Waals surface area contributed by atoms with Crippen LogP contribution in [0.15, 0.2) is 47.4 Å². The van der Waals surface area contributed by atoms with Gasteiger partial charge in [0.05, 0.1) is 11.4 Å². The van der Waals surface area contributed by atoms with E-state index in [1.165, 1.54) is 45.6 Å². The number of halogens is 1. The average molecular weight is 465 g/mol. The second-order valence-corrected chi connectivity index (χ2v) is 9.53. The van der Waals surface area contributed by atoms with Gasteiger partial charge in [0.15, 0.2) is 11.5 Å². The molecular formula is C22H25FN2O6S. The Balaban J connectivity index is 1.41. The number of carbonyl (C=O) groups excluding carboxylic acids is 1. The van der Waals surface area contributed by atoms with Gasteiger partial charge in [0.25, 0.3) is 0 Å². The lowest BCUT2D eigenvalue weighted by atomic mass is 10.2. The second-order valence-electron chi connectivity index (χ2n) is 7.64. The molecule has 0 bridgehead atoms. The lowest BCUT2D eigenvalue weighted by molar-refractivity contribution is -0.133. The van der Waals surface area contributed by atoms with Crippen molar-refractivity contribution in [3.05, 3.63) is 48.3 Å². The minimum atomic E-state index is -3.88. The highest BCUT2D eigenvalue weighted by atomic mass is 32.2. The molecule has 0 spiro atoms. The van der Waals surface area contributed by atoms with Crippen LogP contribution in [0.3, 0.4) is 0 Å². The number of hydrogen-bond acceptors (Lipinski definition) is 6. The van der Waals surface area contributed by atoms with Crippen LogP contribution in [0.1, 0.15) is 12.8 Å². The SMILES string of the molecule is CN(CCOc1ccc(F)cc1)C(=O)C1CCCN1S(=O)(=O)c1ccc2c(c1)OCCO2. The van der Waals surface area contributed by atoms with Gasteiger partial charge >= 0.3 is 0 Å². The van der Waals surface area contributed by atoms with E-state index >= 15 is 0 Å². The molecular weight excluding hydrogens is 439 g/mol. The molecule has 0 N–H and O–H groups in total. The van der Waals surface area contributed by atoms with Gasteiger partial charge in [0.2, 0.25) is 15.9 Å². The molecule has 2 aromatic rings. The molecule has 4 rings (SSSR count). The summed E-state index contributed by atoms with van der Waals surface area (Å²) in [6.07, 6.45) is 1.05. The molecule has 0 radical (unpaired) electrons. The van der Waals surface area contributed by atoms with Crippen LogP contribution in [0.5, 0.6) is 17.2 Å². The maximum Gasteiger partial charge on any atom is 0.243 e. The fourth-order valence-electron chi connectivity index (χ4n) is 3.79. The van der Waals surface area contributed by atoms with E-state index < -0.39 is 16.1 Å². The third-order valence-electron chi connectivity index (χ3n) is 5.49. The highest BCUT2D eigenvalue weighted by molar-refractivity contribution is 7.89. The van der Waals surface area contributed by atoms with Crippen molar-refractivity contribution in [2.45, 2.75) is 23.8 Å². The number of sulfonamides is 1. The minimum Gasteiger partial charge on any atom is -0.492 e. The Morgan fingerprint density at radius 3 is 2.62 bits per heavy atom. The van der Waals surface area contributed by atoms with Crippen LogP contribution >= 0.6 is 0 Å². The van der Waals surface area contributed by atoms with Gasteiger partial charge in [0, 0.05) is 19.7 Å². The zero-order valence-electron chi connectivity index (χ0n) is 17.7. The monoisotopic (exact) mass is 464 g/mol. The lowest BCUT2D eigenvalue weighted by Gasteiger charge is -2.28. The van der Waals surface area contributed by atoms with E-state index in [4.69, 9.17) is 14.2 Å². The summed E-state index contributed by atoms with van der Waals surface area (Å²) in [5, 5.41) is 0. The molecule has 1 atom stereocenters. The van der Waals surface area contributed by atoms with Crippen molar-refractivity contribution in [1.29, 1.82) is 0 Å². The quantitative estimate of drug-likeness (QED) is 0.625. The van der Waals surface area contributed by atoms with E-state index in [0.717, 1.165) is 0 Å². The highest BCUT2D eigenvalue weighted by Gasteiger charge is 2.40. The van der Waals surface area contributed by atoms with E-state index in [2.05, 4.69) is 0 Å². The standard InChI is InChI=1S/C22H25FN2O6S/c1-24(11-12-29-17-6-4-16(23)5-7-17)22(26)19-3-2-10-25(19)32(27,28)18-8-9-20-21(15-18)31-14-13-30-20/h4-9,15,19H,2-3,10-14H2,1H3. The topological polar surface area (TPSA) is 85.4 Å². The molecule has 8 nitrogen and oxygen atoms in total. The minimum absolute atomic E-state index is 0.0729. The molecule has 1 fully saturated rings. The Morgan fingerprint density at radius 1 is 1.16 bits per heavy atom. The number of hydrogen-bond donors (Lipinski definition) is 0. The van der Waals surface area contributed by atoms with E-state index in [1.54, 1.807) is 13.1 Å². The Kier molecular flexibility index (Phi) is 6.52. The number of likely N-dealkylation sites (N-methyl/N-ethyl adjacent to an activating group) is 1. The summed E-state index contributed by atoms with van der Waals surface area (Å²) in [7, 11) is -2.27. The van der Waals surface area contributed by atoms with Crippen molar-refractivity contribution in [3.63, 3.8) is 0 Å². The predicted octanol–water partition coefficient (Wildman–Crippen LogP) is 2.29. The second kappa shape index (κ2) is 9.33. The Labute approximate surface area is 186 Å². The largest absolute Gasteiger partial charge is 0.492 e. The first-order valence-corrected chi connectivity index (χ1v) is 11.8. The molecule has 2 heterocycles. The van der Waals surface area contributed by atoms with Gasteiger partial charge in [-0.25, -0.2) is 12.8 Å². The molecule has 32 heavy (non-hydrogen) atoms. The van der Waals surface area contributed by atoms with Crippen molar-refractivity contribution < 1.29 is 31.8 Å². The van der Waals surface area contributed by atoms with E-state index in [9.17, 15) is 17.6 Å². The van der Waals surface area contributed by atoms with E-state index in [-0.39, 0.29) is 36.3 Å². The van der Waals surface area contributed by atoms with Gasteiger partial charge in [-0.1, -0.05) is 0 Å². The maximum absolute atomic E-state index is 13.3. The summed E-state index contributed by atoms with van der Waals surface area (Å²) in [4.78, 5) is 14.6. The molecule has 0 saturated carbocycles. The zero-order valence-corrected chi connectivity index (χ0v) is 18.5. The molecule has 0 aromatic heterocycles. The number of rotatable bonds is 7. The fraction of sp³-hybridized carbons (Fsp3) is 0.409. The third kappa shape index (κ3) is 4.66.